The Labute approximate surface area is 116 Å². The van der Waals surface area contributed by atoms with Crippen LogP contribution in [-0.2, 0) is 0 Å². The number of benzene rings is 1. The third-order valence-corrected chi connectivity index (χ3v) is 3.43. The SMILES string of the molecule is CC(c1ccccc1Cl)N(C)C(=O)c1cc(N)n[nH]1. The maximum absolute atomic E-state index is 12.2. The number of anilines is 1. The number of aromatic amines is 1. The largest absolute Gasteiger partial charge is 0.382 e. The predicted octanol–water partition coefficient (Wildman–Crippen LogP) is 2.48. The van der Waals surface area contributed by atoms with Crippen LogP contribution in [0.4, 0.5) is 5.82 Å². The highest BCUT2D eigenvalue weighted by molar-refractivity contribution is 6.31. The molecule has 0 aliphatic heterocycles. The molecule has 1 unspecified atom stereocenters. The number of amides is 1. The number of nitrogens with zero attached hydrogens (tertiary/aromatic N) is 2. The zero-order valence-electron chi connectivity index (χ0n) is 10.7. The van der Waals surface area contributed by atoms with Gasteiger partial charge in [0.2, 0.25) is 0 Å². The van der Waals surface area contributed by atoms with Gasteiger partial charge in [-0.1, -0.05) is 29.8 Å². The van der Waals surface area contributed by atoms with Crippen molar-refractivity contribution in [3.63, 3.8) is 0 Å². The Hall–Kier alpha value is -2.01. The summed E-state index contributed by atoms with van der Waals surface area (Å²) in [5, 5.41) is 6.99. The number of carbonyl (C=O) groups is 1. The standard InChI is InChI=1S/C13H15ClN4O/c1-8(9-5-3-4-6-10(9)14)18(2)13(19)11-7-12(15)17-16-11/h3-8H,1-2H3,(H3,15,16,17). The van der Waals surface area contributed by atoms with Crippen LogP contribution in [0.5, 0.6) is 0 Å². The van der Waals surface area contributed by atoms with Crippen LogP contribution in [-0.4, -0.2) is 28.1 Å². The lowest BCUT2D eigenvalue weighted by Crippen LogP contribution is -2.30. The van der Waals surface area contributed by atoms with E-state index in [2.05, 4.69) is 10.2 Å². The molecule has 5 nitrogen and oxygen atoms in total. The number of nitrogen functional groups attached to an aromatic ring is 1. The van der Waals surface area contributed by atoms with Crippen molar-refractivity contribution in [3.05, 3.63) is 46.6 Å². The zero-order valence-corrected chi connectivity index (χ0v) is 11.5. The molecule has 2 aromatic rings. The van der Waals surface area contributed by atoms with Crippen LogP contribution in [0.1, 0.15) is 29.0 Å². The fraction of sp³-hybridized carbons (Fsp3) is 0.231. The highest BCUT2D eigenvalue weighted by Crippen LogP contribution is 2.27. The first-order chi connectivity index (χ1) is 9.00. The average Bonchev–Trinajstić information content (AvgIpc) is 2.83. The molecular weight excluding hydrogens is 264 g/mol. The zero-order chi connectivity index (χ0) is 14.0. The first kappa shape index (κ1) is 13.4. The van der Waals surface area contributed by atoms with Crippen molar-refractivity contribution in [2.24, 2.45) is 0 Å². The number of hydrogen-bond donors (Lipinski definition) is 2. The van der Waals surface area contributed by atoms with E-state index in [9.17, 15) is 4.79 Å². The molecule has 19 heavy (non-hydrogen) atoms. The van der Waals surface area contributed by atoms with Gasteiger partial charge in [-0.2, -0.15) is 5.10 Å². The summed E-state index contributed by atoms with van der Waals surface area (Å²) < 4.78 is 0. The van der Waals surface area contributed by atoms with Crippen LogP contribution < -0.4 is 5.73 Å². The van der Waals surface area contributed by atoms with E-state index in [1.165, 1.54) is 6.07 Å². The van der Waals surface area contributed by atoms with Crippen LogP contribution in [0.25, 0.3) is 0 Å². The number of H-pyrrole nitrogens is 1. The highest BCUT2D eigenvalue weighted by atomic mass is 35.5. The first-order valence-electron chi connectivity index (χ1n) is 5.83. The molecule has 3 N–H and O–H groups in total. The topological polar surface area (TPSA) is 75.0 Å². The van der Waals surface area contributed by atoms with E-state index >= 15 is 0 Å². The Morgan fingerprint density at radius 1 is 1.47 bits per heavy atom. The number of hydrogen-bond acceptors (Lipinski definition) is 3. The van der Waals surface area contributed by atoms with E-state index in [0.717, 1.165) is 5.56 Å². The van der Waals surface area contributed by atoms with Crippen LogP contribution in [0.3, 0.4) is 0 Å². The Morgan fingerprint density at radius 3 is 2.74 bits per heavy atom. The summed E-state index contributed by atoms with van der Waals surface area (Å²) in [7, 11) is 1.72. The molecule has 0 radical (unpaired) electrons. The van der Waals surface area contributed by atoms with Gasteiger partial charge in [0, 0.05) is 18.1 Å². The van der Waals surface area contributed by atoms with Crippen molar-refractivity contribution in [1.29, 1.82) is 0 Å². The van der Waals surface area contributed by atoms with Gasteiger partial charge in [-0.25, -0.2) is 0 Å². The number of aromatic nitrogens is 2. The van der Waals surface area contributed by atoms with Crippen LogP contribution in [0.2, 0.25) is 5.02 Å². The number of nitrogens with one attached hydrogen (secondary N) is 1. The summed E-state index contributed by atoms with van der Waals surface area (Å²) in [6.45, 7) is 1.92. The van der Waals surface area contributed by atoms with Gasteiger partial charge in [0.25, 0.3) is 5.91 Å². The number of nitrogens with two attached hydrogens (primary N) is 1. The first-order valence-corrected chi connectivity index (χ1v) is 6.21. The van der Waals surface area contributed by atoms with Gasteiger partial charge in [-0.15, -0.1) is 0 Å². The minimum Gasteiger partial charge on any atom is -0.382 e. The van der Waals surface area contributed by atoms with Gasteiger partial charge in [0.1, 0.15) is 11.5 Å². The van der Waals surface area contributed by atoms with Gasteiger partial charge in [0.15, 0.2) is 0 Å². The maximum Gasteiger partial charge on any atom is 0.272 e. The Kier molecular flexibility index (Phi) is 3.76. The molecule has 0 spiro atoms. The molecule has 0 saturated heterocycles. The molecule has 0 bridgehead atoms. The van der Waals surface area contributed by atoms with Crippen molar-refractivity contribution in [2.45, 2.75) is 13.0 Å². The smallest absolute Gasteiger partial charge is 0.272 e. The van der Waals surface area contributed by atoms with Crippen molar-refractivity contribution in [3.8, 4) is 0 Å². The summed E-state index contributed by atoms with van der Waals surface area (Å²) in [6, 6.07) is 8.82. The number of rotatable bonds is 3. The second-order valence-corrected chi connectivity index (χ2v) is 4.73. The lowest BCUT2D eigenvalue weighted by molar-refractivity contribution is 0.0737. The summed E-state index contributed by atoms with van der Waals surface area (Å²) in [5.41, 5.74) is 6.75. The molecule has 100 valence electrons. The molecule has 2 rings (SSSR count). The third-order valence-electron chi connectivity index (χ3n) is 3.08. The Morgan fingerprint density at radius 2 is 2.16 bits per heavy atom. The van der Waals surface area contributed by atoms with Crippen LogP contribution in [0, 0.1) is 0 Å². The Bertz CT molecular complexity index is 596. The molecular formula is C13H15ClN4O. The molecule has 6 heteroatoms. The maximum atomic E-state index is 12.2. The highest BCUT2D eigenvalue weighted by Gasteiger charge is 2.21. The van der Waals surface area contributed by atoms with Crippen molar-refractivity contribution in [1.82, 2.24) is 15.1 Å². The lowest BCUT2D eigenvalue weighted by atomic mass is 10.1. The number of halogens is 1. The molecule has 1 aromatic carbocycles. The quantitative estimate of drug-likeness (QED) is 0.906. The van der Waals surface area contributed by atoms with Gasteiger partial charge >= 0.3 is 0 Å². The van der Waals surface area contributed by atoms with Crippen molar-refractivity contribution >= 4 is 23.3 Å². The van der Waals surface area contributed by atoms with Gasteiger partial charge in [-0.3, -0.25) is 9.89 Å². The summed E-state index contributed by atoms with van der Waals surface area (Å²) in [4.78, 5) is 13.8. The van der Waals surface area contributed by atoms with E-state index in [4.69, 9.17) is 17.3 Å². The van der Waals surface area contributed by atoms with Crippen molar-refractivity contribution < 1.29 is 4.79 Å². The van der Waals surface area contributed by atoms with E-state index in [1.54, 1.807) is 18.0 Å². The second-order valence-electron chi connectivity index (χ2n) is 4.32. The lowest BCUT2D eigenvalue weighted by Gasteiger charge is -2.25. The summed E-state index contributed by atoms with van der Waals surface area (Å²) >= 11 is 6.14. The van der Waals surface area contributed by atoms with Crippen LogP contribution in [0.15, 0.2) is 30.3 Å². The number of carbonyl (C=O) groups excluding carboxylic acids is 1. The summed E-state index contributed by atoms with van der Waals surface area (Å²) in [6.07, 6.45) is 0. The minimum absolute atomic E-state index is 0.147. The molecule has 0 aliphatic rings. The average molecular weight is 279 g/mol. The summed E-state index contributed by atoms with van der Waals surface area (Å²) in [5.74, 6) is 0.110. The van der Waals surface area contributed by atoms with E-state index < -0.39 is 0 Å². The molecule has 0 fully saturated rings. The minimum atomic E-state index is -0.184. The Balaban J connectivity index is 2.22. The van der Waals surface area contributed by atoms with Gasteiger partial charge in [-0.05, 0) is 18.6 Å². The van der Waals surface area contributed by atoms with Gasteiger partial charge in [0.05, 0.1) is 6.04 Å². The van der Waals surface area contributed by atoms with E-state index in [1.807, 2.05) is 25.1 Å². The van der Waals surface area contributed by atoms with Crippen molar-refractivity contribution in [2.75, 3.05) is 12.8 Å². The van der Waals surface area contributed by atoms with Crippen LogP contribution >= 0.6 is 11.6 Å². The fourth-order valence-electron chi connectivity index (χ4n) is 1.84. The molecule has 0 saturated carbocycles. The van der Waals surface area contributed by atoms with Gasteiger partial charge < -0.3 is 10.6 Å². The molecule has 1 amide bonds. The normalized spacial score (nSPS) is 12.2. The molecule has 0 aliphatic carbocycles. The van der Waals surface area contributed by atoms with E-state index in [-0.39, 0.29) is 11.9 Å². The molecule has 1 heterocycles. The second kappa shape index (κ2) is 5.32. The molecule has 1 aromatic heterocycles. The van der Waals surface area contributed by atoms with E-state index in [0.29, 0.717) is 16.5 Å². The third kappa shape index (κ3) is 2.71. The fourth-order valence-corrected chi connectivity index (χ4v) is 2.13. The predicted molar refractivity (Wildman–Crippen MR) is 75.0 cm³/mol. The monoisotopic (exact) mass is 278 g/mol. The molecule has 1 atom stereocenters.